The minimum Gasteiger partial charge on any atom is -0.497 e. The van der Waals surface area contributed by atoms with Gasteiger partial charge in [-0.15, -0.1) is 0 Å². The Morgan fingerprint density at radius 2 is 1.71 bits per heavy atom. The molecule has 0 radical (unpaired) electrons. The highest BCUT2D eigenvalue weighted by atomic mass is 16.5. The molecular formula is C32H37N3O3. The number of hydrogen-bond donors (Lipinski definition) is 1. The van der Waals surface area contributed by atoms with Crippen LogP contribution in [0.2, 0.25) is 0 Å². The largest absolute Gasteiger partial charge is 0.497 e. The monoisotopic (exact) mass is 511 g/mol. The minimum atomic E-state index is -0.830. The van der Waals surface area contributed by atoms with E-state index in [1.807, 2.05) is 56.6 Å². The molecule has 0 aromatic heterocycles. The molecule has 2 bridgehead atoms. The Balaban J connectivity index is 1.53. The summed E-state index contributed by atoms with van der Waals surface area (Å²) in [6.45, 7) is 3.72. The molecule has 3 aromatic carbocycles. The number of nitrogens with zero attached hydrogens (tertiary/aromatic N) is 3. The van der Waals surface area contributed by atoms with Crippen LogP contribution >= 0.6 is 0 Å². The van der Waals surface area contributed by atoms with E-state index in [9.17, 15) is 10.0 Å². The van der Waals surface area contributed by atoms with Crippen LogP contribution in [0, 0.1) is 0 Å². The normalized spacial score (nSPS) is 22.1. The van der Waals surface area contributed by atoms with Gasteiger partial charge in [0.15, 0.2) is 0 Å². The van der Waals surface area contributed by atoms with Crippen LogP contribution in [0.4, 0.5) is 0 Å². The van der Waals surface area contributed by atoms with Crippen molar-refractivity contribution in [2.24, 2.45) is 5.16 Å². The molecule has 0 spiro atoms. The summed E-state index contributed by atoms with van der Waals surface area (Å²) < 4.78 is 5.51. The molecule has 3 aromatic rings. The number of methoxy groups -OCH3 is 1. The number of rotatable bonds is 7. The number of likely N-dealkylation sites (tertiary alicyclic amines) is 1. The van der Waals surface area contributed by atoms with Gasteiger partial charge in [0, 0.05) is 32.6 Å². The first-order valence-electron chi connectivity index (χ1n) is 13.3. The first-order valence-corrected chi connectivity index (χ1v) is 13.3. The molecule has 1 N–H and O–H groups in total. The second-order valence-electron chi connectivity index (χ2n) is 10.9. The van der Waals surface area contributed by atoms with Gasteiger partial charge in [-0.2, -0.15) is 0 Å². The highest BCUT2D eigenvalue weighted by molar-refractivity contribution is 6.01. The lowest BCUT2D eigenvalue weighted by Crippen LogP contribution is -2.60. The number of carbonyl (C=O) groups excluding carboxylic acids is 1. The minimum absolute atomic E-state index is 0.0293. The summed E-state index contributed by atoms with van der Waals surface area (Å²) in [5, 5.41) is 14.1. The van der Waals surface area contributed by atoms with Crippen molar-refractivity contribution in [3.8, 4) is 5.75 Å². The maximum absolute atomic E-state index is 14.1. The van der Waals surface area contributed by atoms with Gasteiger partial charge in [0.05, 0.1) is 18.9 Å². The van der Waals surface area contributed by atoms with Gasteiger partial charge in [-0.25, -0.2) is 0 Å². The Morgan fingerprint density at radius 1 is 1.08 bits per heavy atom. The quantitative estimate of drug-likeness (QED) is 0.363. The van der Waals surface area contributed by atoms with Gasteiger partial charge < -0.3 is 14.8 Å². The fourth-order valence-corrected chi connectivity index (χ4v) is 6.66. The highest BCUT2D eigenvalue weighted by Gasteiger charge is 2.50. The van der Waals surface area contributed by atoms with Gasteiger partial charge in [0.2, 0.25) is 5.91 Å². The van der Waals surface area contributed by atoms with E-state index in [4.69, 9.17) is 4.74 Å². The van der Waals surface area contributed by atoms with E-state index in [2.05, 4.69) is 53.4 Å². The van der Waals surface area contributed by atoms with E-state index >= 15 is 0 Å². The number of hydrogen-bond acceptors (Lipinski definition) is 5. The Labute approximate surface area is 225 Å². The summed E-state index contributed by atoms with van der Waals surface area (Å²) >= 11 is 0. The molecule has 2 aliphatic rings. The van der Waals surface area contributed by atoms with Crippen LogP contribution in [-0.4, -0.2) is 67.0 Å². The lowest BCUT2D eigenvalue weighted by atomic mass is 9.63. The zero-order valence-corrected chi connectivity index (χ0v) is 22.7. The zero-order chi connectivity index (χ0) is 26.9. The van der Waals surface area contributed by atoms with Crippen LogP contribution in [-0.2, 0) is 22.0 Å². The van der Waals surface area contributed by atoms with Crippen molar-refractivity contribution in [1.29, 1.82) is 0 Å². The smallest absolute Gasteiger partial charge is 0.237 e. The van der Waals surface area contributed by atoms with Crippen molar-refractivity contribution in [3.63, 3.8) is 0 Å². The van der Waals surface area contributed by atoms with Crippen molar-refractivity contribution < 1.29 is 14.7 Å². The molecule has 1 heterocycles. The van der Waals surface area contributed by atoms with Crippen molar-refractivity contribution in [2.45, 2.75) is 43.1 Å². The number of piperidine rings is 1. The summed E-state index contributed by atoms with van der Waals surface area (Å²) in [4.78, 5) is 18.2. The van der Waals surface area contributed by atoms with Crippen molar-refractivity contribution >= 4 is 11.6 Å². The van der Waals surface area contributed by atoms with Crippen molar-refractivity contribution in [2.75, 3.05) is 34.3 Å². The Kier molecular flexibility index (Phi) is 7.01. The molecule has 1 aliphatic heterocycles. The van der Waals surface area contributed by atoms with Gasteiger partial charge in [-0.05, 0) is 60.6 Å². The van der Waals surface area contributed by atoms with Gasteiger partial charge in [-0.3, -0.25) is 9.69 Å². The number of oxime groups is 1. The molecule has 5 rings (SSSR count). The Morgan fingerprint density at radius 3 is 2.26 bits per heavy atom. The molecule has 198 valence electrons. The van der Waals surface area contributed by atoms with Crippen LogP contribution < -0.4 is 4.74 Å². The third kappa shape index (κ3) is 4.17. The van der Waals surface area contributed by atoms with Crippen molar-refractivity contribution in [3.05, 3.63) is 101 Å². The summed E-state index contributed by atoms with van der Waals surface area (Å²) in [6.07, 6.45) is 2.20. The van der Waals surface area contributed by atoms with Crippen LogP contribution in [0.5, 0.6) is 5.75 Å². The van der Waals surface area contributed by atoms with Gasteiger partial charge >= 0.3 is 0 Å². The Hall–Kier alpha value is -3.64. The van der Waals surface area contributed by atoms with Gasteiger partial charge in [-0.1, -0.05) is 71.9 Å². The first kappa shape index (κ1) is 26.0. The first-order chi connectivity index (χ1) is 18.3. The molecule has 1 saturated heterocycles. The van der Waals surface area contributed by atoms with Crippen LogP contribution in [0.1, 0.15) is 42.0 Å². The number of benzene rings is 3. The van der Waals surface area contributed by atoms with E-state index in [1.165, 1.54) is 11.1 Å². The van der Waals surface area contributed by atoms with E-state index in [0.29, 0.717) is 13.0 Å². The number of amides is 1. The lowest BCUT2D eigenvalue weighted by Gasteiger charge is -2.50. The second-order valence-corrected chi connectivity index (χ2v) is 10.9. The van der Waals surface area contributed by atoms with E-state index in [1.54, 1.807) is 12.0 Å². The SMILES string of the molecule is COc1ccc2c(c1)C1(C)CCN(CCC(C(=O)N(C)C)(c3ccccc3)c3ccccc3)C(C2)C1=NO. The predicted octanol–water partition coefficient (Wildman–Crippen LogP) is 4.88. The topological polar surface area (TPSA) is 65.4 Å². The summed E-state index contributed by atoms with van der Waals surface area (Å²) in [5.41, 5.74) is 4.04. The van der Waals surface area contributed by atoms with Crippen LogP contribution in [0.25, 0.3) is 0 Å². The van der Waals surface area contributed by atoms with E-state index < -0.39 is 5.41 Å². The van der Waals surface area contributed by atoms with Crippen LogP contribution in [0.3, 0.4) is 0 Å². The molecule has 6 heteroatoms. The van der Waals surface area contributed by atoms with Gasteiger partial charge in [0.25, 0.3) is 0 Å². The molecule has 6 nitrogen and oxygen atoms in total. The van der Waals surface area contributed by atoms with E-state index in [-0.39, 0.29) is 17.4 Å². The number of ether oxygens (including phenoxy) is 1. The zero-order valence-electron chi connectivity index (χ0n) is 22.7. The molecule has 1 amide bonds. The highest BCUT2D eigenvalue weighted by Crippen LogP contribution is 2.45. The molecule has 0 saturated carbocycles. The molecule has 2 atom stereocenters. The number of fused-ring (bicyclic) bond motifs is 4. The average molecular weight is 512 g/mol. The Bertz CT molecular complexity index is 1280. The molecule has 38 heavy (non-hydrogen) atoms. The number of likely N-dealkylation sites (N-methyl/N-ethyl adjacent to an activating group) is 1. The predicted molar refractivity (Wildman–Crippen MR) is 150 cm³/mol. The molecular weight excluding hydrogens is 474 g/mol. The van der Waals surface area contributed by atoms with Crippen molar-refractivity contribution in [1.82, 2.24) is 9.80 Å². The number of carbonyl (C=O) groups is 1. The molecule has 1 aliphatic carbocycles. The summed E-state index contributed by atoms with van der Waals surface area (Å²) in [5.74, 6) is 0.884. The fourth-order valence-electron chi connectivity index (χ4n) is 6.66. The summed E-state index contributed by atoms with van der Waals surface area (Å²) in [6, 6.07) is 26.5. The fraction of sp³-hybridized carbons (Fsp3) is 0.375. The second kappa shape index (κ2) is 10.3. The standard InChI is InChI=1S/C32H37N3O3/c1-31-17-19-35(28(29(31)33-37)21-23-15-16-26(38-4)22-27(23)31)20-18-32(30(36)34(2)3,24-11-7-5-8-12-24)25-13-9-6-10-14-25/h5-16,22,28,37H,17-21H2,1-4H3. The summed E-state index contributed by atoms with van der Waals surface area (Å²) in [7, 11) is 5.34. The third-order valence-electron chi connectivity index (χ3n) is 8.73. The third-order valence-corrected chi connectivity index (χ3v) is 8.73. The lowest BCUT2D eigenvalue weighted by molar-refractivity contribution is -0.133. The van der Waals surface area contributed by atoms with E-state index in [0.717, 1.165) is 42.0 Å². The molecule has 2 unspecified atom stereocenters. The maximum atomic E-state index is 14.1. The maximum Gasteiger partial charge on any atom is 0.237 e. The molecule has 1 fully saturated rings. The average Bonchev–Trinajstić information content (AvgIpc) is 2.95. The van der Waals surface area contributed by atoms with Gasteiger partial charge in [0.1, 0.15) is 11.2 Å². The van der Waals surface area contributed by atoms with Crippen LogP contribution in [0.15, 0.2) is 84.0 Å².